The fourth-order valence-corrected chi connectivity index (χ4v) is 1.87. The SMILES string of the molecule is NC(=O)c1ccc(Oc2ccc(I)cc2C(=O)O)nn1. The predicted molar refractivity (Wildman–Crippen MR) is 76.7 cm³/mol. The number of benzene rings is 1. The summed E-state index contributed by atoms with van der Waals surface area (Å²) in [4.78, 5) is 22.0. The molecule has 0 saturated heterocycles. The van der Waals surface area contributed by atoms with Gasteiger partial charge in [-0.3, -0.25) is 4.79 Å². The van der Waals surface area contributed by atoms with Crippen LogP contribution in [-0.2, 0) is 0 Å². The molecule has 0 aliphatic heterocycles. The maximum atomic E-state index is 11.1. The monoisotopic (exact) mass is 385 g/mol. The molecular formula is C12H8IN3O4. The van der Waals surface area contributed by atoms with E-state index in [1.54, 1.807) is 6.07 Å². The molecule has 1 aromatic heterocycles. The van der Waals surface area contributed by atoms with Gasteiger partial charge in [-0.15, -0.1) is 10.2 Å². The molecule has 1 aromatic carbocycles. The maximum absolute atomic E-state index is 11.1. The number of carboxylic acid groups (broad SMARTS) is 1. The van der Waals surface area contributed by atoms with Crippen LogP contribution >= 0.6 is 22.6 Å². The van der Waals surface area contributed by atoms with Crippen LogP contribution < -0.4 is 10.5 Å². The van der Waals surface area contributed by atoms with Crippen LogP contribution in [0.2, 0.25) is 0 Å². The number of ether oxygens (including phenoxy) is 1. The van der Waals surface area contributed by atoms with E-state index in [0.717, 1.165) is 3.57 Å². The molecular weight excluding hydrogens is 377 g/mol. The first kappa shape index (κ1) is 14.2. The number of carbonyl (C=O) groups excluding carboxylic acids is 1. The van der Waals surface area contributed by atoms with Gasteiger partial charge in [0, 0.05) is 9.64 Å². The van der Waals surface area contributed by atoms with Gasteiger partial charge in [-0.25, -0.2) is 4.79 Å². The number of hydrogen-bond acceptors (Lipinski definition) is 5. The summed E-state index contributed by atoms with van der Waals surface area (Å²) < 4.78 is 6.12. The van der Waals surface area contributed by atoms with Crippen molar-refractivity contribution < 1.29 is 19.4 Å². The van der Waals surface area contributed by atoms with Crippen LogP contribution in [0.3, 0.4) is 0 Å². The number of aromatic carboxylic acids is 1. The molecule has 20 heavy (non-hydrogen) atoms. The Kier molecular flexibility index (Phi) is 4.13. The summed E-state index contributed by atoms with van der Waals surface area (Å²) in [6.45, 7) is 0. The lowest BCUT2D eigenvalue weighted by Crippen LogP contribution is -2.13. The van der Waals surface area contributed by atoms with Crippen LogP contribution in [0.15, 0.2) is 30.3 Å². The number of hydrogen-bond donors (Lipinski definition) is 2. The van der Waals surface area contributed by atoms with E-state index >= 15 is 0 Å². The molecule has 0 saturated carbocycles. The Hall–Kier alpha value is -2.23. The minimum Gasteiger partial charge on any atom is -0.478 e. The second kappa shape index (κ2) is 5.82. The van der Waals surface area contributed by atoms with Gasteiger partial charge in [0.15, 0.2) is 5.69 Å². The lowest BCUT2D eigenvalue weighted by molar-refractivity contribution is 0.0693. The number of primary amides is 1. The van der Waals surface area contributed by atoms with E-state index in [9.17, 15) is 9.59 Å². The van der Waals surface area contributed by atoms with Gasteiger partial charge in [-0.2, -0.15) is 0 Å². The van der Waals surface area contributed by atoms with Gasteiger partial charge in [0.1, 0.15) is 11.3 Å². The van der Waals surface area contributed by atoms with Gasteiger partial charge in [-0.05, 0) is 46.9 Å². The first-order valence-corrected chi connectivity index (χ1v) is 6.39. The zero-order valence-electron chi connectivity index (χ0n) is 9.91. The van der Waals surface area contributed by atoms with Crippen molar-refractivity contribution in [1.29, 1.82) is 0 Å². The highest BCUT2D eigenvalue weighted by molar-refractivity contribution is 14.1. The number of aromatic nitrogens is 2. The summed E-state index contributed by atoms with van der Waals surface area (Å²) in [7, 11) is 0. The Balaban J connectivity index is 2.30. The highest BCUT2D eigenvalue weighted by Gasteiger charge is 2.13. The van der Waals surface area contributed by atoms with Crippen molar-refractivity contribution in [3.05, 3.63) is 45.2 Å². The van der Waals surface area contributed by atoms with Crippen molar-refractivity contribution in [3.8, 4) is 11.6 Å². The van der Waals surface area contributed by atoms with Crippen molar-refractivity contribution in [3.63, 3.8) is 0 Å². The number of rotatable bonds is 4. The zero-order valence-corrected chi connectivity index (χ0v) is 12.1. The third-order valence-electron chi connectivity index (χ3n) is 2.28. The van der Waals surface area contributed by atoms with Crippen molar-refractivity contribution in [2.24, 2.45) is 5.73 Å². The molecule has 0 atom stereocenters. The molecule has 2 aromatic rings. The van der Waals surface area contributed by atoms with Crippen LogP contribution in [0.25, 0.3) is 0 Å². The molecule has 2 rings (SSSR count). The van der Waals surface area contributed by atoms with E-state index in [1.165, 1.54) is 24.3 Å². The standard InChI is InChI=1S/C12H8IN3O4/c13-6-1-3-9(7(5-6)12(18)19)20-10-4-2-8(11(14)17)15-16-10/h1-5H,(H2,14,17)(H,18,19). The smallest absolute Gasteiger partial charge is 0.339 e. The second-order valence-corrected chi connectivity index (χ2v) is 4.91. The van der Waals surface area contributed by atoms with Gasteiger partial charge >= 0.3 is 5.97 Å². The number of halogens is 1. The second-order valence-electron chi connectivity index (χ2n) is 3.67. The molecule has 0 radical (unpaired) electrons. The molecule has 3 N–H and O–H groups in total. The highest BCUT2D eigenvalue weighted by atomic mass is 127. The molecule has 102 valence electrons. The van der Waals surface area contributed by atoms with Gasteiger partial charge in [0.2, 0.25) is 5.88 Å². The quantitative estimate of drug-likeness (QED) is 0.774. The summed E-state index contributed by atoms with van der Waals surface area (Å²) in [5, 5.41) is 16.3. The summed E-state index contributed by atoms with van der Waals surface area (Å²) in [5.41, 5.74) is 5.05. The van der Waals surface area contributed by atoms with E-state index in [-0.39, 0.29) is 22.9 Å². The fourth-order valence-electron chi connectivity index (χ4n) is 1.38. The minimum atomic E-state index is -1.11. The van der Waals surface area contributed by atoms with Crippen molar-refractivity contribution in [1.82, 2.24) is 10.2 Å². The number of carboxylic acids is 1. The first-order valence-electron chi connectivity index (χ1n) is 5.31. The molecule has 0 unspecified atom stereocenters. The van der Waals surface area contributed by atoms with Crippen LogP contribution in [0.5, 0.6) is 11.6 Å². The molecule has 8 heteroatoms. The van der Waals surface area contributed by atoms with Gasteiger partial charge in [0.05, 0.1) is 0 Å². The van der Waals surface area contributed by atoms with E-state index in [2.05, 4.69) is 10.2 Å². The summed E-state index contributed by atoms with van der Waals surface area (Å²) in [5.74, 6) is -1.61. The fraction of sp³-hybridized carbons (Fsp3) is 0. The van der Waals surface area contributed by atoms with E-state index in [0.29, 0.717) is 0 Å². The topological polar surface area (TPSA) is 115 Å². The number of nitrogens with two attached hydrogens (primary N) is 1. The zero-order chi connectivity index (χ0) is 14.7. The Labute approximate surface area is 126 Å². The van der Waals surface area contributed by atoms with Crippen molar-refractivity contribution in [2.75, 3.05) is 0 Å². The molecule has 7 nitrogen and oxygen atoms in total. The van der Waals surface area contributed by atoms with Crippen molar-refractivity contribution in [2.45, 2.75) is 0 Å². The van der Waals surface area contributed by atoms with E-state index in [4.69, 9.17) is 15.6 Å². The van der Waals surface area contributed by atoms with Crippen LogP contribution in [0.4, 0.5) is 0 Å². The Morgan fingerprint density at radius 2 is 1.95 bits per heavy atom. The first-order chi connectivity index (χ1) is 9.47. The van der Waals surface area contributed by atoms with E-state index < -0.39 is 11.9 Å². The largest absolute Gasteiger partial charge is 0.478 e. The Bertz CT molecular complexity index is 673. The Morgan fingerprint density at radius 1 is 1.20 bits per heavy atom. The maximum Gasteiger partial charge on any atom is 0.339 e. The van der Waals surface area contributed by atoms with Gasteiger partial charge < -0.3 is 15.6 Å². The van der Waals surface area contributed by atoms with Gasteiger partial charge in [-0.1, -0.05) is 0 Å². The van der Waals surface area contributed by atoms with E-state index in [1.807, 2.05) is 22.6 Å². The Morgan fingerprint density at radius 3 is 2.50 bits per heavy atom. The number of carbonyl (C=O) groups is 2. The average molecular weight is 385 g/mol. The molecule has 0 fully saturated rings. The van der Waals surface area contributed by atoms with Gasteiger partial charge in [0.25, 0.3) is 5.91 Å². The van der Waals surface area contributed by atoms with Crippen LogP contribution in [-0.4, -0.2) is 27.2 Å². The molecule has 1 amide bonds. The highest BCUT2D eigenvalue weighted by Crippen LogP contribution is 2.25. The molecule has 0 spiro atoms. The van der Waals surface area contributed by atoms with Crippen LogP contribution in [0, 0.1) is 3.57 Å². The molecule has 0 aliphatic carbocycles. The summed E-state index contributed by atoms with van der Waals surface area (Å²) in [6.07, 6.45) is 0. The number of nitrogens with zero attached hydrogens (tertiary/aromatic N) is 2. The predicted octanol–water partition coefficient (Wildman–Crippen LogP) is 1.67. The van der Waals surface area contributed by atoms with Crippen molar-refractivity contribution >= 4 is 34.5 Å². The van der Waals surface area contributed by atoms with Crippen LogP contribution in [0.1, 0.15) is 20.8 Å². The lowest BCUT2D eigenvalue weighted by atomic mass is 10.2. The third-order valence-corrected chi connectivity index (χ3v) is 2.95. The summed E-state index contributed by atoms with van der Waals surface area (Å²) in [6, 6.07) is 7.43. The molecule has 1 heterocycles. The minimum absolute atomic E-state index is 0.00146. The summed E-state index contributed by atoms with van der Waals surface area (Å²) >= 11 is 2.00. The average Bonchev–Trinajstić information content (AvgIpc) is 2.41. The third kappa shape index (κ3) is 3.20. The molecule has 0 aliphatic rings. The molecule has 0 bridgehead atoms. The lowest BCUT2D eigenvalue weighted by Gasteiger charge is -2.07. The number of amides is 1. The normalized spacial score (nSPS) is 10.1.